The average Bonchev–Trinajstić information content (AvgIpc) is 2.17. The van der Waals surface area contributed by atoms with Crippen LogP contribution in [-0.2, 0) is 0 Å². The molecule has 2 aromatic rings. The summed E-state index contributed by atoms with van der Waals surface area (Å²) < 4.78 is 0. The molecule has 0 saturated carbocycles. The Morgan fingerprint density at radius 3 is 2.50 bits per heavy atom. The number of hydrogen-bond donors (Lipinski definition) is 0. The van der Waals surface area contributed by atoms with E-state index in [1.54, 1.807) is 0 Å². The number of halogens is 1. The SMILES string of the molecule is Br[SiH2]c1cccc2ccccc12. The Balaban J connectivity index is 2.79. The summed E-state index contributed by atoms with van der Waals surface area (Å²) in [4.78, 5) is 0. The van der Waals surface area contributed by atoms with Crippen LogP contribution in [0.25, 0.3) is 10.8 Å². The molecule has 0 unspecified atom stereocenters. The van der Waals surface area contributed by atoms with Gasteiger partial charge in [-0.15, -0.1) is 15.3 Å². The summed E-state index contributed by atoms with van der Waals surface area (Å²) in [5.74, 6) is 0. The molecule has 0 aliphatic carbocycles. The molecule has 0 amide bonds. The minimum Gasteiger partial charge on any atom is -0.129 e. The third kappa shape index (κ3) is 1.32. The van der Waals surface area contributed by atoms with Gasteiger partial charge in [-0.05, 0) is 16.0 Å². The lowest BCUT2D eigenvalue weighted by Gasteiger charge is -2.01. The van der Waals surface area contributed by atoms with Crippen LogP contribution in [0, 0.1) is 0 Å². The molecule has 12 heavy (non-hydrogen) atoms. The van der Waals surface area contributed by atoms with Crippen LogP contribution in [-0.4, -0.2) is 8.14 Å². The highest BCUT2D eigenvalue weighted by Gasteiger charge is 1.96. The molecule has 0 aromatic heterocycles. The van der Waals surface area contributed by atoms with Gasteiger partial charge in [-0.2, -0.15) is 0 Å². The lowest BCUT2D eigenvalue weighted by atomic mass is 10.1. The van der Waals surface area contributed by atoms with E-state index in [-0.39, 0.29) is 8.14 Å². The molecule has 0 atom stereocenters. The maximum atomic E-state index is 3.62. The minimum absolute atomic E-state index is 0.218. The van der Waals surface area contributed by atoms with Gasteiger partial charge in [0.05, 0.1) is 0 Å². The Morgan fingerprint density at radius 1 is 0.917 bits per heavy atom. The van der Waals surface area contributed by atoms with Crippen molar-refractivity contribution in [3.05, 3.63) is 42.5 Å². The van der Waals surface area contributed by atoms with Crippen molar-refractivity contribution in [1.29, 1.82) is 0 Å². The molecular formula is C10H9BrSi. The van der Waals surface area contributed by atoms with Gasteiger partial charge < -0.3 is 0 Å². The van der Waals surface area contributed by atoms with Crippen LogP contribution in [0.2, 0.25) is 0 Å². The highest BCUT2D eigenvalue weighted by Crippen LogP contribution is 2.10. The first-order valence-electron chi connectivity index (χ1n) is 3.94. The van der Waals surface area contributed by atoms with E-state index in [0.717, 1.165) is 0 Å². The van der Waals surface area contributed by atoms with Crippen molar-refractivity contribution in [3.8, 4) is 0 Å². The van der Waals surface area contributed by atoms with Crippen molar-refractivity contribution in [1.82, 2.24) is 0 Å². The Hall–Kier alpha value is -0.603. The van der Waals surface area contributed by atoms with E-state index in [2.05, 4.69) is 57.8 Å². The third-order valence-corrected chi connectivity index (χ3v) is 4.74. The Bertz CT molecular complexity index is 392. The van der Waals surface area contributed by atoms with E-state index in [1.807, 2.05) is 0 Å². The summed E-state index contributed by atoms with van der Waals surface area (Å²) in [6.45, 7) is 0. The molecular weight excluding hydrogens is 228 g/mol. The second kappa shape index (κ2) is 3.41. The molecule has 0 fully saturated rings. The fraction of sp³-hybridized carbons (Fsp3) is 0. The van der Waals surface area contributed by atoms with Crippen LogP contribution >= 0.6 is 15.3 Å². The second-order valence-corrected chi connectivity index (χ2v) is 5.48. The molecule has 0 radical (unpaired) electrons. The van der Waals surface area contributed by atoms with Crippen LogP contribution in [0.15, 0.2) is 42.5 Å². The molecule has 0 N–H and O–H groups in total. The fourth-order valence-electron chi connectivity index (χ4n) is 1.41. The molecule has 0 heterocycles. The van der Waals surface area contributed by atoms with E-state index in [4.69, 9.17) is 0 Å². The van der Waals surface area contributed by atoms with Gasteiger partial charge in [-0.1, -0.05) is 42.5 Å². The Morgan fingerprint density at radius 2 is 1.67 bits per heavy atom. The Kier molecular flexibility index (Phi) is 2.28. The summed E-state index contributed by atoms with van der Waals surface area (Å²) in [6.07, 6.45) is 0. The molecule has 0 aliphatic heterocycles. The lowest BCUT2D eigenvalue weighted by Crippen LogP contribution is -2.08. The van der Waals surface area contributed by atoms with E-state index >= 15 is 0 Å². The lowest BCUT2D eigenvalue weighted by molar-refractivity contribution is 1.78. The summed E-state index contributed by atoms with van der Waals surface area (Å²) in [6, 6.07) is 15.0. The van der Waals surface area contributed by atoms with Gasteiger partial charge in [0.25, 0.3) is 0 Å². The third-order valence-electron chi connectivity index (χ3n) is 2.02. The first kappa shape index (κ1) is 8.02. The van der Waals surface area contributed by atoms with Gasteiger partial charge in [-0.25, -0.2) is 0 Å². The minimum atomic E-state index is -0.218. The second-order valence-electron chi connectivity index (χ2n) is 2.77. The van der Waals surface area contributed by atoms with Crippen molar-refractivity contribution >= 4 is 39.4 Å². The maximum Gasteiger partial charge on any atom is 0.130 e. The van der Waals surface area contributed by atoms with E-state index in [9.17, 15) is 0 Å². The van der Waals surface area contributed by atoms with Crippen molar-refractivity contribution in [2.24, 2.45) is 0 Å². The number of hydrogen-bond acceptors (Lipinski definition) is 0. The highest BCUT2D eigenvalue weighted by molar-refractivity contribution is 9.23. The van der Waals surface area contributed by atoms with E-state index in [1.165, 1.54) is 16.0 Å². The fourth-order valence-corrected chi connectivity index (χ4v) is 3.57. The monoisotopic (exact) mass is 236 g/mol. The molecule has 60 valence electrons. The van der Waals surface area contributed by atoms with Crippen LogP contribution in [0.4, 0.5) is 0 Å². The van der Waals surface area contributed by atoms with Gasteiger partial charge >= 0.3 is 0 Å². The molecule has 2 heteroatoms. The zero-order valence-corrected chi connectivity index (χ0v) is 9.63. The van der Waals surface area contributed by atoms with Crippen molar-refractivity contribution in [2.75, 3.05) is 0 Å². The molecule has 0 spiro atoms. The summed E-state index contributed by atoms with van der Waals surface area (Å²) in [5, 5.41) is 4.25. The zero-order chi connectivity index (χ0) is 8.39. The largest absolute Gasteiger partial charge is 0.130 e. The topological polar surface area (TPSA) is 0 Å². The Labute approximate surface area is 82.0 Å². The molecule has 0 nitrogen and oxygen atoms in total. The van der Waals surface area contributed by atoms with Gasteiger partial charge in [0, 0.05) is 0 Å². The summed E-state index contributed by atoms with van der Waals surface area (Å²) >= 11 is 3.62. The van der Waals surface area contributed by atoms with Gasteiger partial charge in [0.15, 0.2) is 0 Å². The first-order chi connectivity index (χ1) is 5.92. The predicted octanol–water partition coefficient (Wildman–Crippen LogP) is 1.94. The molecule has 0 saturated heterocycles. The van der Waals surface area contributed by atoms with Crippen LogP contribution in [0.1, 0.15) is 0 Å². The molecule has 2 aromatic carbocycles. The molecule has 0 aliphatic rings. The van der Waals surface area contributed by atoms with Gasteiger partial charge in [-0.3, -0.25) is 0 Å². The quantitative estimate of drug-likeness (QED) is 0.525. The van der Waals surface area contributed by atoms with Crippen LogP contribution < -0.4 is 5.19 Å². The predicted molar refractivity (Wildman–Crippen MR) is 61.1 cm³/mol. The van der Waals surface area contributed by atoms with E-state index < -0.39 is 0 Å². The summed E-state index contributed by atoms with van der Waals surface area (Å²) in [5.41, 5.74) is 0. The maximum absolute atomic E-state index is 3.62. The number of rotatable bonds is 1. The highest BCUT2D eigenvalue weighted by atomic mass is 79.9. The van der Waals surface area contributed by atoms with Gasteiger partial charge in [0.2, 0.25) is 0 Å². The van der Waals surface area contributed by atoms with Crippen molar-refractivity contribution < 1.29 is 0 Å². The van der Waals surface area contributed by atoms with Crippen molar-refractivity contribution in [3.63, 3.8) is 0 Å². The van der Waals surface area contributed by atoms with E-state index in [0.29, 0.717) is 0 Å². The van der Waals surface area contributed by atoms with Crippen LogP contribution in [0.5, 0.6) is 0 Å². The standard InChI is InChI=1S/C10H9BrSi/c11-12-10-7-3-5-8-4-1-2-6-9(8)10/h1-7H,12H2. The average molecular weight is 237 g/mol. The normalized spacial score (nSPS) is 11.4. The first-order valence-corrected chi connectivity index (χ1v) is 8.55. The molecule has 0 bridgehead atoms. The smallest absolute Gasteiger partial charge is 0.129 e. The zero-order valence-electron chi connectivity index (χ0n) is 6.63. The van der Waals surface area contributed by atoms with Gasteiger partial charge in [0.1, 0.15) is 8.14 Å². The number of fused-ring (bicyclic) bond motifs is 1. The molecule has 2 rings (SSSR count). The van der Waals surface area contributed by atoms with Crippen LogP contribution in [0.3, 0.4) is 0 Å². The summed E-state index contributed by atoms with van der Waals surface area (Å²) in [7, 11) is -0.218. The van der Waals surface area contributed by atoms with Crippen molar-refractivity contribution in [2.45, 2.75) is 0 Å². The number of benzene rings is 2.